The zero-order valence-electron chi connectivity index (χ0n) is 10.6. The Morgan fingerprint density at radius 1 is 1.74 bits per heavy atom. The summed E-state index contributed by atoms with van der Waals surface area (Å²) in [6.07, 6.45) is 1.40. The third kappa shape index (κ3) is 2.49. The van der Waals surface area contributed by atoms with Crippen LogP contribution in [-0.4, -0.2) is 44.2 Å². The quantitative estimate of drug-likeness (QED) is 0.289. The maximum Gasteiger partial charge on any atom is 0.348 e. The first-order valence-corrected chi connectivity index (χ1v) is 5.64. The molecule has 0 fully saturated rings. The Bertz CT molecular complexity index is 659. The largest absolute Gasteiger partial charge is 0.409 e. The van der Waals surface area contributed by atoms with Gasteiger partial charge in [-0.1, -0.05) is 12.1 Å². The molecule has 1 atom stereocenters. The molecule has 2 heterocycles. The number of nitrogens with one attached hydrogen (secondary N) is 1. The Hall–Kier alpha value is -2.58. The number of oxime groups is 1. The van der Waals surface area contributed by atoms with Crippen LogP contribution >= 0.6 is 0 Å². The first kappa shape index (κ1) is 12.9. The molecular formula is C10H15N7O2. The molecule has 2 aromatic heterocycles. The van der Waals surface area contributed by atoms with Crippen molar-refractivity contribution in [2.75, 3.05) is 18.5 Å². The summed E-state index contributed by atoms with van der Waals surface area (Å²) < 4.78 is 1.31. The molecule has 0 aromatic carbocycles. The molecule has 0 radical (unpaired) electrons. The van der Waals surface area contributed by atoms with Crippen LogP contribution in [0.2, 0.25) is 0 Å². The zero-order chi connectivity index (χ0) is 14.0. The van der Waals surface area contributed by atoms with Crippen LogP contribution in [0, 0.1) is 5.92 Å². The van der Waals surface area contributed by atoms with Gasteiger partial charge < -0.3 is 15.8 Å². The van der Waals surface area contributed by atoms with Gasteiger partial charge >= 0.3 is 5.69 Å². The van der Waals surface area contributed by atoms with Gasteiger partial charge in [0.05, 0.1) is 0 Å². The fraction of sp³-hybridized carbons (Fsp3) is 0.400. The van der Waals surface area contributed by atoms with E-state index >= 15 is 0 Å². The monoisotopic (exact) mass is 265 g/mol. The van der Waals surface area contributed by atoms with Crippen molar-refractivity contribution < 1.29 is 5.21 Å². The van der Waals surface area contributed by atoms with Crippen molar-refractivity contribution in [3.8, 4) is 0 Å². The van der Waals surface area contributed by atoms with E-state index in [9.17, 15) is 4.79 Å². The topological polar surface area (TPSA) is 125 Å². The summed E-state index contributed by atoms with van der Waals surface area (Å²) in [5.41, 5.74) is 5.68. The van der Waals surface area contributed by atoms with E-state index in [-0.39, 0.29) is 17.4 Å². The zero-order valence-corrected chi connectivity index (χ0v) is 10.6. The van der Waals surface area contributed by atoms with Gasteiger partial charge in [0.25, 0.3) is 0 Å². The number of hydrogen-bond donors (Lipinski definition) is 3. The van der Waals surface area contributed by atoms with Gasteiger partial charge in [0, 0.05) is 25.6 Å². The molecule has 0 aliphatic carbocycles. The Kier molecular flexibility index (Phi) is 3.36. The normalized spacial score (nSPS) is 13.7. The summed E-state index contributed by atoms with van der Waals surface area (Å²) in [5, 5.41) is 17.8. The molecule has 0 saturated heterocycles. The number of fused-ring (bicyclic) bond motifs is 1. The van der Waals surface area contributed by atoms with Gasteiger partial charge in [-0.15, -0.1) is 0 Å². The minimum Gasteiger partial charge on any atom is -0.409 e. The summed E-state index contributed by atoms with van der Waals surface area (Å²) in [6.45, 7) is 2.36. The Morgan fingerprint density at radius 3 is 3.16 bits per heavy atom. The molecule has 0 amide bonds. The fourth-order valence-corrected chi connectivity index (χ4v) is 1.71. The SMILES string of the molecule is CC(CN(C)c1cc2n[nH]c(=O)n2cn1)C(N)=NO. The van der Waals surface area contributed by atoms with Crippen LogP contribution in [0.25, 0.3) is 5.65 Å². The summed E-state index contributed by atoms with van der Waals surface area (Å²) in [4.78, 5) is 17.3. The molecule has 4 N–H and O–H groups in total. The second-order valence-electron chi connectivity index (χ2n) is 4.31. The Morgan fingerprint density at radius 2 is 2.47 bits per heavy atom. The van der Waals surface area contributed by atoms with Crippen LogP contribution in [-0.2, 0) is 0 Å². The van der Waals surface area contributed by atoms with E-state index in [1.165, 1.54) is 10.7 Å². The lowest BCUT2D eigenvalue weighted by Crippen LogP contribution is -2.33. The van der Waals surface area contributed by atoms with Gasteiger partial charge in [0.2, 0.25) is 0 Å². The van der Waals surface area contributed by atoms with Gasteiger partial charge in [-0.3, -0.25) is 0 Å². The smallest absolute Gasteiger partial charge is 0.348 e. The van der Waals surface area contributed by atoms with Crippen LogP contribution in [0.1, 0.15) is 6.92 Å². The minimum absolute atomic E-state index is 0.130. The number of amidine groups is 1. The highest BCUT2D eigenvalue weighted by Gasteiger charge is 2.13. The van der Waals surface area contributed by atoms with Crippen molar-refractivity contribution in [2.24, 2.45) is 16.8 Å². The standard InChI is InChI=1S/C10H15N7O2/c1-6(9(11)15-19)4-16(2)7-3-8-13-14-10(18)17(8)5-12-7/h3,5-6,19H,4H2,1-2H3,(H2,11,15)(H,14,18). The number of hydrogen-bond acceptors (Lipinski definition) is 6. The third-order valence-corrected chi connectivity index (χ3v) is 2.85. The predicted octanol–water partition coefficient (Wildman–Crippen LogP) is -0.764. The van der Waals surface area contributed by atoms with Crippen LogP contribution in [0.3, 0.4) is 0 Å². The summed E-state index contributed by atoms with van der Waals surface area (Å²) in [5.74, 6) is 0.669. The highest BCUT2D eigenvalue weighted by Crippen LogP contribution is 2.11. The molecule has 2 aromatic rings. The van der Waals surface area contributed by atoms with Crippen molar-refractivity contribution in [1.29, 1.82) is 0 Å². The summed E-state index contributed by atoms with van der Waals surface area (Å²) in [6, 6.07) is 1.68. The van der Waals surface area contributed by atoms with Crippen LogP contribution < -0.4 is 16.3 Å². The van der Waals surface area contributed by atoms with Gasteiger partial charge in [0.15, 0.2) is 5.65 Å². The van der Waals surface area contributed by atoms with Gasteiger partial charge in [-0.05, 0) is 0 Å². The predicted molar refractivity (Wildman–Crippen MR) is 69.5 cm³/mol. The molecule has 0 spiro atoms. The number of anilines is 1. The van der Waals surface area contributed by atoms with E-state index in [0.717, 1.165) is 0 Å². The maximum absolute atomic E-state index is 11.3. The van der Waals surface area contributed by atoms with Gasteiger partial charge in [-0.2, -0.15) is 5.10 Å². The van der Waals surface area contributed by atoms with E-state index < -0.39 is 0 Å². The van der Waals surface area contributed by atoms with Crippen molar-refractivity contribution in [3.63, 3.8) is 0 Å². The first-order chi connectivity index (χ1) is 9.02. The summed E-state index contributed by atoms with van der Waals surface area (Å²) >= 11 is 0. The van der Waals surface area contributed by atoms with Crippen molar-refractivity contribution in [2.45, 2.75) is 6.92 Å². The Labute approximate surface area is 108 Å². The average molecular weight is 265 g/mol. The number of aromatic nitrogens is 4. The first-order valence-electron chi connectivity index (χ1n) is 5.64. The van der Waals surface area contributed by atoms with Crippen molar-refractivity contribution in [3.05, 3.63) is 22.9 Å². The van der Waals surface area contributed by atoms with E-state index in [2.05, 4.69) is 20.3 Å². The molecule has 2 rings (SSSR count). The van der Waals surface area contributed by atoms with E-state index in [1.807, 2.05) is 18.9 Å². The number of rotatable bonds is 4. The van der Waals surface area contributed by atoms with Gasteiger partial charge in [0.1, 0.15) is 18.0 Å². The maximum atomic E-state index is 11.3. The molecule has 0 aliphatic heterocycles. The highest BCUT2D eigenvalue weighted by atomic mass is 16.4. The van der Waals surface area contributed by atoms with Crippen molar-refractivity contribution in [1.82, 2.24) is 19.6 Å². The lowest BCUT2D eigenvalue weighted by atomic mass is 10.1. The Balaban J connectivity index is 2.21. The second kappa shape index (κ2) is 4.96. The van der Waals surface area contributed by atoms with Gasteiger partial charge in [-0.25, -0.2) is 19.3 Å². The lowest BCUT2D eigenvalue weighted by Gasteiger charge is -2.21. The molecule has 102 valence electrons. The molecule has 9 nitrogen and oxygen atoms in total. The molecule has 0 saturated carbocycles. The van der Waals surface area contributed by atoms with E-state index in [1.54, 1.807) is 6.07 Å². The third-order valence-electron chi connectivity index (χ3n) is 2.85. The number of aromatic amines is 1. The van der Waals surface area contributed by atoms with Crippen molar-refractivity contribution >= 4 is 17.3 Å². The molecule has 9 heteroatoms. The van der Waals surface area contributed by atoms with Crippen LogP contribution in [0.4, 0.5) is 5.82 Å². The number of nitrogens with zero attached hydrogens (tertiary/aromatic N) is 5. The minimum atomic E-state index is -0.332. The second-order valence-corrected chi connectivity index (χ2v) is 4.31. The van der Waals surface area contributed by atoms with Crippen LogP contribution in [0.15, 0.2) is 22.3 Å². The number of nitrogens with two attached hydrogens (primary N) is 1. The lowest BCUT2D eigenvalue weighted by molar-refractivity contribution is 0.314. The highest BCUT2D eigenvalue weighted by molar-refractivity contribution is 5.82. The van der Waals surface area contributed by atoms with E-state index in [0.29, 0.717) is 18.0 Å². The molecule has 0 bridgehead atoms. The molecular weight excluding hydrogens is 250 g/mol. The van der Waals surface area contributed by atoms with E-state index in [4.69, 9.17) is 10.9 Å². The molecule has 19 heavy (non-hydrogen) atoms. The fourth-order valence-electron chi connectivity index (χ4n) is 1.71. The van der Waals surface area contributed by atoms with Crippen LogP contribution in [0.5, 0.6) is 0 Å². The number of H-pyrrole nitrogens is 1. The summed E-state index contributed by atoms with van der Waals surface area (Å²) in [7, 11) is 1.82. The molecule has 1 unspecified atom stereocenters. The average Bonchev–Trinajstić information content (AvgIpc) is 2.78. The molecule has 0 aliphatic rings.